The number of carbonyl (C=O) groups is 1. The second-order valence-corrected chi connectivity index (χ2v) is 4.13. The van der Waals surface area contributed by atoms with Crippen LogP contribution in [0.2, 0.25) is 0 Å². The maximum Gasteiger partial charge on any atom is 0.387 e. The zero-order valence-corrected chi connectivity index (χ0v) is 10.6. The number of ether oxygens (including phenoxy) is 1. The maximum atomic E-state index is 12.1. The summed E-state index contributed by atoms with van der Waals surface area (Å²) in [4.78, 5) is 12.0. The molecule has 0 bridgehead atoms. The predicted octanol–water partition coefficient (Wildman–Crippen LogP) is 2.50. The minimum Gasteiger partial charge on any atom is -0.435 e. The van der Waals surface area contributed by atoms with Crippen LogP contribution in [0.4, 0.5) is 8.78 Å². The van der Waals surface area contributed by atoms with Gasteiger partial charge in [-0.05, 0) is 25.1 Å². The van der Waals surface area contributed by atoms with Gasteiger partial charge in [0, 0.05) is 17.3 Å². The first kappa shape index (κ1) is 14.0. The number of aromatic nitrogens is 2. The van der Waals surface area contributed by atoms with Crippen molar-refractivity contribution in [3.63, 3.8) is 0 Å². The second kappa shape index (κ2) is 6.14. The van der Waals surface area contributed by atoms with Crippen LogP contribution in [-0.2, 0) is 0 Å². The Bertz CT molecular complexity index is 573. The Hall–Kier alpha value is -2.44. The van der Waals surface area contributed by atoms with Gasteiger partial charge in [-0.3, -0.25) is 9.89 Å². The average Bonchev–Trinajstić information content (AvgIpc) is 2.92. The maximum absolute atomic E-state index is 12.1. The van der Waals surface area contributed by atoms with Crippen LogP contribution in [-0.4, -0.2) is 22.7 Å². The highest BCUT2D eigenvalue weighted by Crippen LogP contribution is 2.17. The lowest BCUT2D eigenvalue weighted by Gasteiger charge is -2.12. The molecule has 0 radical (unpaired) electrons. The quantitative estimate of drug-likeness (QED) is 0.884. The van der Waals surface area contributed by atoms with Crippen molar-refractivity contribution in [2.75, 3.05) is 0 Å². The first-order chi connectivity index (χ1) is 9.56. The van der Waals surface area contributed by atoms with Crippen molar-refractivity contribution in [1.82, 2.24) is 15.5 Å². The Kier molecular flexibility index (Phi) is 4.29. The smallest absolute Gasteiger partial charge is 0.387 e. The summed E-state index contributed by atoms with van der Waals surface area (Å²) in [6, 6.07) is 5.39. The van der Waals surface area contributed by atoms with E-state index in [1.54, 1.807) is 19.3 Å². The topological polar surface area (TPSA) is 67.0 Å². The van der Waals surface area contributed by atoms with E-state index in [0.29, 0.717) is 0 Å². The lowest BCUT2D eigenvalue weighted by Crippen LogP contribution is -2.26. The Balaban J connectivity index is 2.05. The number of hydrogen-bond acceptors (Lipinski definition) is 3. The van der Waals surface area contributed by atoms with Crippen LogP contribution in [0.5, 0.6) is 5.75 Å². The molecule has 7 heteroatoms. The number of alkyl halides is 2. The van der Waals surface area contributed by atoms with E-state index in [1.165, 1.54) is 24.3 Å². The molecule has 1 atom stereocenters. The standard InChI is InChI=1S/C13H13F2N3O2/c1-8(10-6-16-17-7-10)18-12(19)9-3-2-4-11(5-9)20-13(14)15/h2-8,13H,1H3,(H,16,17)(H,18,19). The molecule has 1 aromatic carbocycles. The minimum absolute atomic E-state index is 0.0522. The van der Waals surface area contributed by atoms with Gasteiger partial charge >= 0.3 is 6.61 Å². The van der Waals surface area contributed by atoms with Crippen LogP contribution in [0.25, 0.3) is 0 Å². The van der Waals surface area contributed by atoms with Gasteiger partial charge < -0.3 is 10.1 Å². The summed E-state index contributed by atoms with van der Waals surface area (Å²) < 4.78 is 28.5. The van der Waals surface area contributed by atoms with Crippen molar-refractivity contribution in [3.8, 4) is 5.75 Å². The summed E-state index contributed by atoms with van der Waals surface area (Å²) in [5.41, 5.74) is 1.07. The number of hydrogen-bond donors (Lipinski definition) is 2. The summed E-state index contributed by atoms with van der Waals surface area (Å²) in [6.07, 6.45) is 3.27. The fraction of sp³-hybridized carbons (Fsp3) is 0.231. The highest BCUT2D eigenvalue weighted by molar-refractivity contribution is 5.94. The summed E-state index contributed by atoms with van der Waals surface area (Å²) in [5.74, 6) is -0.429. The third kappa shape index (κ3) is 3.53. The molecule has 106 valence electrons. The van der Waals surface area contributed by atoms with Gasteiger partial charge in [0.05, 0.1) is 12.2 Å². The zero-order valence-electron chi connectivity index (χ0n) is 10.6. The van der Waals surface area contributed by atoms with Crippen molar-refractivity contribution in [2.24, 2.45) is 0 Å². The molecule has 0 saturated carbocycles. The Morgan fingerprint density at radius 1 is 1.45 bits per heavy atom. The largest absolute Gasteiger partial charge is 0.435 e. The summed E-state index contributed by atoms with van der Waals surface area (Å²) in [5, 5.41) is 9.18. The molecule has 0 fully saturated rings. The van der Waals surface area contributed by atoms with Gasteiger partial charge in [0.1, 0.15) is 5.75 Å². The molecule has 2 rings (SSSR count). The minimum atomic E-state index is -2.92. The Morgan fingerprint density at radius 2 is 2.25 bits per heavy atom. The van der Waals surface area contributed by atoms with Crippen molar-refractivity contribution in [2.45, 2.75) is 19.6 Å². The van der Waals surface area contributed by atoms with Crippen LogP contribution >= 0.6 is 0 Å². The van der Waals surface area contributed by atoms with Gasteiger partial charge in [-0.1, -0.05) is 6.07 Å². The molecule has 1 aromatic heterocycles. The number of carbonyl (C=O) groups excluding carboxylic acids is 1. The highest BCUT2D eigenvalue weighted by Gasteiger charge is 2.13. The number of nitrogens with zero attached hydrogens (tertiary/aromatic N) is 1. The van der Waals surface area contributed by atoms with Gasteiger partial charge in [0.2, 0.25) is 0 Å². The van der Waals surface area contributed by atoms with E-state index >= 15 is 0 Å². The van der Waals surface area contributed by atoms with Gasteiger partial charge in [-0.25, -0.2) is 0 Å². The monoisotopic (exact) mass is 281 g/mol. The fourth-order valence-electron chi connectivity index (χ4n) is 1.67. The van der Waals surface area contributed by atoms with Crippen molar-refractivity contribution < 1.29 is 18.3 Å². The summed E-state index contributed by atoms with van der Waals surface area (Å²) in [7, 11) is 0. The van der Waals surface area contributed by atoms with Crippen molar-refractivity contribution in [3.05, 3.63) is 47.8 Å². The third-order valence-electron chi connectivity index (χ3n) is 2.69. The zero-order chi connectivity index (χ0) is 14.5. The Morgan fingerprint density at radius 3 is 2.90 bits per heavy atom. The van der Waals surface area contributed by atoms with Crippen LogP contribution in [0.1, 0.15) is 28.9 Å². The molecular formula is C13H13F2N3O2. The van der Waals surface area contributed by atoms with Crippen LogP contribution in [0, 0.1) is 0 Å². The number of aromatic amines is 1. The normalized spacial score (nSPS) is 12.2. The van der Waals surface area contributed by atoms with E-state index in [0.717, 1.165) is 5.56 Å². The van der Waals surface area contributed by atoms with E-state index < -0.39 is 6.61 Å². The molecule has 1 unspecified atom stereocenters. The number of benzene rings is 1. The van der Waals surface area contributed by atoms with E-state index in [-0.39, 0.29) is 23.3 Å². The first-order valence-electron chi connectivity index (χ1n) is 5.90. The van der Waals surface area contributed by atoms with Crippen LogP contribution in [0.15, 0.2) is 36.7 Å². The third-order valence-corrected chi connectivity index (χ3v) is 2.69. The summed E-state index contributed by atoms with van der Waals surface area (Å²) >= 11 is 0. The fourth-order valence-corrected chi connectivity index (χ4v) is 1.67. The molecule has 2 N–H and O–H groups in total. The number of halogens is 2. The predicted molar refractivity (Wildman–Crippen MR) is 67.5 cm³/mol. The molecule has 20 heavy (non-hydrogen) atoms. The van der Waals surface area contributed by atoms with Gasteiger partial charge in [-0.15, -0.1) is 0 Å². The van der Waals surface area contributed by atoms with E-state index in [4.69, 9.17) is 0 Å². The van der Waals surface area contributed by atoms with Crippen LogP contribution < -0.4 is 10.1 Å². The lowest BCUT2D eigenvalue weighted by atomic mass is 10.1. The van der Waals surface area contributed by atoms with Gasteiger partial charge in [-0.2, -0.15) is 13.9 Å². The van der Waals surface area contributed by atoms with E-state index in [2.05, 4.69) is 20.3 Å². The van der Waals surface area contributed by atoms with Crippen molar-refractivity contribution >= 4 is 5.91 Å². The summed E-state index contributed by atoms with van der Waals surface area (Å²) in [6.45, 7) is -1.12. The number of H-pyrrole nitrogens is 1. The number of nitrogens with one attached hydrogen (secondary N) is 2. The van der Waals surface area contributed by atoms with Crippen molar-refractivity contribution in [1.29, 1.82) is 0 Å². The molecule has 5 nitrogen and oxygen atoms in total. The average molecular weight is 281 g/mol. The second-order valence-electron chi connectivity index (χ2n) is 4.13. The molecule has 1 heterocycles. The van der Waals surface area contributed by atoms with Gasteiger partial charge in [0.25, 0.3) is 5.91 Å². The molecule has 0 aliphatic heterocycles. The van der Waals surface area contributed by atoms with Gasteiger partial charge in [0.15, 0.2) is 0 Å². The SMILES string of the molecule is CC(NC(=O)c1cccc(OC(F)F)c1)c1cn[nH]c1. The molecule has 1 amide bonds. The van der Waals surface area contributed by atoms with Crippen LogP contribution in [0.3, 0.4) is 0 Å². The molecular weight excluding hydrogens is 268 g/mol. The lowest BCUT2D eigenvalue weighted by molar-refractivity contribution is -0.0498. The molecule has 0 aliphatic carbocycles. The van der Waals surface area contributed by atoms with E-state index in [1.807, 2.05) is 0 Å². The highest BCUT2D eigenvalue weighted by atomic mass is 19.3. The molecule has 0 spiro atoms. The molecule has 0 aliphatic rings. The Labute approximate surface area is 114 Å². The molecule has 0 saturated heterocycles. The van der Waals surface area contributed by atoms with E-state index in [9.17, 15) is 13.6 Å². The number of amides is 1. The first-order valence-corrected chi connectivity index (χ1v) is 5.90. The number of rotatable bonds is 5. The molecule has 2 aromatic rings.